The number of likely N-dealkylation sites (tertiary alicyclic amines) is 1. The first-order valence-corrected chi connectivity index (χ1v) is 5.68. The fraction of sp³-hybridized carbons (Fsp3) is 0.545. The van der Waals surface area contributed by atoms with Gasteiger partial charge in [0, 0.05) is 26.0 Å². The summed E-state index contributed by atoms with van der Waals surface area (Å²) in [6.45, 7) is 1.58. The van der Waals surface area contributed by atoms with Gasteiger partial charge in [-0.2, -0.15) is 0 Å². The van der Waals surface area contributed by atoms with Crippen molar-refractivity contribution in [2.24, 2.45) is 0 Å². The lowest BCUT2D eigenvalue weighted by atomic mass is 10.2. The Labute approximate surface area is 99.6 Å². The van der Waals surface area contributed by atoms with E-state index in [1.807, 2.05) is 10.8 Å². The normalized spacial score (nSPS) is 20.3. The summed E-state index contributed by atoms with van der Waals surface area (Å²) < 4.78 is 1.98. The molecule has 17 heavy (non-hydrogen) atoms. The minimum Gasteiger partial charge on any atom is -0.337 e. The molecule has 6 nitrogen and oxygen atoms in total. The first-order valence-electron chi connectivity index (χ1n) is 5.68. The van der Waals surface area contributed by atoms with E-state index in [0.29, 0.717) is 0 Å². The van der Waals surface area contributed by atoms with Crippen molar-refractivity contribution in [3.63, 3.8) is 0 Å². The van der Waals surface area contributed by atoms with E-state index in [1.54, 1.807) is 12.5 Å². The second kappa shape index (κ2) is 5.09. The molecule has 1 aromatic rings. The number of hydrogen-bond acceptors (Lipinski definition) is 4. The number of imide groups is 1. The second-order valence-corrected chi connectivity index (χ2v) is 4.16. The fourth-order valence-electron chi connectivity index (χ4n) is 1.87. The number of rotatable bonds is 5. The molecule has 1 atom stereocenters. The van der Waals surface area contributed by atoms with Gasteiger partial charge in [-0.15, -0.1) is 0 Å². The Bertz CT molecular complexity index is 402. The highest BCUT2D eigenvalue weighted by molar-refractivity contribution is 6.05. The quantitative estimate of drug-likeness (QED) is 0.559. The summed E-state index contributed by atoms with van der Waals surface area (Å²) >= 11 is 0. The van der Waals surface area contributed by atoms with E-state index < -0.39 is 0 Å². The van der Waals surface area contributed by atoms with Crippen LogP contribution in [0.3, 0.4) is 0 Å². The summed E-state index contributed by atoms with van der Waals surface area (Å²) in [6, 6.07) is -0.338. The Morgan fingerprint density at radius 1 is 1.53 bits per heavy atom. The predicted molar refractivity (Wildman–Crippen MR) is 61.0 cm³/mol. The number of carbonyl (C=O) groups excluding carboxylic acids is 2. The van der Waals surface area contributed by atoms with Gasteiger partial charge in [0.25, 0.3) is 0 Å². The van der Waals surface area contributed by atoms with Gasteiger partial charge < -0.3 is 9.88 Å². The number of likely N-dealkylation sites (N-methyl/N-ethyl adjacent to an activating group) is 1. The maximum atomic E-state index is 11.6. The van der Waals surface area contributed by atoms with Crippen molar-refractivity contribution in [3.05, 3.63) is 18.7 Å². The lowest BCUT2D eigenvalue weighted by molar-refractivity contribution is -0.137. The van der Waals surface area contributed by atoms with Crippen LogP contribution in [0.5, 0.6) is 0 Å². The minimum absolute atomic E-state index is 0.109. The van der Waals surface area contributed by atoms with Gasteiger partial charge in [-0.05, 0) is 13.0 Å². The number of nitrogens with one attached hydrogen (secondary N) is 1. The first-order chi connectivity index (χ1) is 8.18. The number of carbonyl (C=O) groups is 2. The van der Waals surface area contributed by atoms with Crippen LogP contribution in [0.4, 0.5) is 0 Å². The van der Waals surface area contributed by atoms with Crippen molar-refractivity contribution in [2.75, 3.05) is 13.6 Å². The third-order valence-corrected chi connectivity index (χ3v) is 2.92. The highest BCUT2D eigenvalue weighted by Gasteiger charge is 2.35. The van der Waals surface area contributed by atoms with Gasteiger partial charge in [0.15, 0.2) is 0 Å². The lowest BCUT2D eigenvalue weighted by Gasteiger charge is -2.10. The van der Waals surface area contributed by atoms with Gasteiger partial charge in [-0.3, -0.25) is 14.5 Å². The Kier molecular flexibility index (Phi) is 3.53. The number of hydrogen-bond donors (Lipinski definition) is 1. The molecule has 1 unspecified atom stereocenters. The number of nitrogens with zero attached hydrogens (tertiary/aromatic N) is 3. The zero-order chi connectivity index (χ0) is 12.3. The Morgan fingerprint density at radius 3 is 2.94 bits per heavy atom. The second-order valence-electron chi connectivity index (χ2n) is 4.16. The summed E-state index contributed by atoms with van der Waals surface area (Å²) in [7, 11) is 1.53. The molecule has 6 heteroatoms. The standard InChI is InChI=1S/C11H16N4O2/c1-14-10(16)7-9(11(14)17)13-3-2-5-15-6-4-12-8-15/h4,6,8-9,13H,2-3,5,7H2,1H3. The zero-order valence-corrected chi connectivity index (χ0v) is 9.80. The predicted octanol–water partition coefficient (Wildman–Crippen LogP) is -0.380. The SMILES string of the molecule is CN1C(=O)CC(NCCCn2ccnc2)C1=O. The van der Waals surface area contributed by atoms with Crippen molar-refractivity contribution in [1.82, 2.24) is 19.8 Å². The first kappa shape index (κ1) is 11.8. The maximum Gasteiger partial charge on any atom is 0.246 e. The molecule has 1 N–H and O–H groups in total. The molecule has 0 aliphatic carbocycles. The van der Waals surface area contributed by atoms with Crippen molar-refractivity contribution < 1.29 is 9.59 Å². The van der Waals surface area contributed by atoms with Crippen molar-refractivity contribution in [2.45, 2.75) is 25.4 Å². The van der Waals surface area contributed by atoms with Crippen LogP contribution in [-0.2, 0) is 16.1 Å². The molecule has 1 aliphatic heterocycles. The average Bonchev–Trinajstić information content (AvgIpc) is 2.90. The van der Waals surface area contributed by atoms with Crippen LogP contribution in [0.15, 0.2) is 18.7 Å². The van der Waals surface area contributed by atoms with Gasteiger partial charge in [-0.1, -0.05) is 0 Å². The van der Waals surface area contributed by atoms with E-state index >= 15 is 0 Å². The van der Waals surface area contributed by atoms with Gasteiger partial charge >= 0.3 is 0 Å². The van der Waals surface area contributed by atoms with Crippen molar-refractivity contribution in [1.29, 1.82) is 0 Å². The monoisotopic (exact) mass is 236 g/mol. The molecule has 1 saturated heterocycles. The van der Waals surface area contributed by atoms with Crippen LogP contribution >= 0.6 is 0 Å². The third kappa shape index (κ3) is 2.71. The topological polar surface area (TPSA) is 67.2 Å². The van der Waals surface area contributed by atoms with E-state index in [-0.39, 0.29) is 24.3 Å². The summed E-state index contributed by atoms with van der Waals surface area (Å²) in [5, 5.41) is 3.11. The molecular weight excluding hydrogens is 220 g/mol. The van der Waals surface area contributed by atoms with Crippen LogP contribution in [0.2, 0.25) is 0 Å². The summed E-state index contributed by atoms with van der Waals surface area (Å²) in [5.74, 6) is -0.236. The van der Waals surface area contributed by atoms with E-state index in [9.17, 15) is 9.59 Å². The van der Waals surface area contributed by atoms with E-state index in [1.165, 1.54) is 11.9 Å². The average molecular weight is 236 g/mol. The van der Waals surface area contributed by atoms with Crippen LogP contribution in [0.25, 0.3) is 0 Å². The summed E-state index contributed by atoms with van der Waals surface area (Å²) in [5.41, 5.74) is 0. The molecule has 1 aliphatic rings. The molecule has 2 heterocycles. The summed E-state index contributed by atoms with van der Waals surface area (Å²) in [6.07, 6.45) is 6.58. The van der Waals surface area contributed by atoms with Crippen molar-refractivity contribution >= 4 is 11.8 Å². The van der Waals surface area contributed by atoms with Crippen LogP contribution in [-0.4, -0.2) is 45.9 Å². The van der Waals surface area contributed by atoms with Crippen molar-refractivity contribution in [3.8, 4) is 0 Å². The van der Waals surface area contributed by atoms with Crippen LogP contribution in [0, 0.1) is 0 Å². The highest BCUT2D eigenvalue weighted by Crippen LogP contribution is 2.10. The van der Waals surface area contributed by atoms with Gasteiger partial charge in [0.2, 0.25) is 11.8 Å². The zero-order valence-electron chi connectivity index (χ0n) is 9.80. The molecule has 0 radical (unpaired) electrons. The largest absolute Gasteiger partial charge is 0.337 e. The number of imidazole rings is 1. The number of amides is 2. The number of aromatic nitrogens is 2. The molecular formula is C11H16N4O2. The molecule has 0 bridgehead atoms. The Morgan fingerprint density at radius 2 is 2.35 bits per heavy atom. The highest BCUT2D eigenvalue weighted by atomic mass is 16.2. The molecule has 1 aromatic heterocycles. The van der Waals surface area contributed by atoms with Gasteiger partial charge in [0.05, 0.1) is 18.8 Å². The molecule has 1 fully saturated rings. The molecule has 2 rings (SSSR count). The van der Waals surface area contributed by atoms with Crippen LogP contribution < -0.4 is 5.32 Å². The maximum absolute atomic E-state index is 11.6. The van der Waals surface area contributed by atoms with Crippen LogP contribution in [0.1, 0.15) is 12.8 Å². The Balaban J connectivity index is 1.69. The fourth-order valence-corrected chi connectivity index (χ4v) is 1.87. The summed E-state index contributed by atoms with van der Waals surface area (Å²) in [4.78, 5) is 28.0. The molecule has 92 valence electrons. The lowest BCUT2D eigenvalue weighted by Crippen LogP contribution is -2.37. The minimum atomic E-state index is -0.338. The molecule has 0 saturated carbocycles. The molecule has 2 amide bonds. The van der Waals surface area contributed by atoms with E-state index in [4.69, 9.17) is 0 Å². The van der Waals surface area contributed by atoms with Gasteiger partial charge in [0.1, 0.15) is 0 Å². The smallest absolute Gasteiger partial charge is 0.246 e. The van der Waals surface area contributed by atoms with E-state index in [0.717, 1.165) is 19.5 Å². The third-order valence-electron chi connectivity index (χ3n) is 2.92. The number of aryl methyl sites for hydroxylation is 1. The molecule has 0 spiro atoms. The Hall–Kier alpha value is -1.69. The van der Waals surface area contributed by atoms with Gasteiger partial charge in [-0.25, -0.2) is 4.98 Å². The van der Waals surface area contributed by atoms with E-state index in [2.05, 4.69) is 10.3 Å². The molecule has 0 aromatic carbocycles.